The van der Waals surface area contributed by atoms with Crippen LogP contribution < -0.4 is 11.3 Å². The lowest BCUT2D eigenvalue weighted by Crippen LogP contribution is -2.43. The van der Waals surface area contributed by atoms with Gasteiger partial charge in [0.05, 0.1) is 0 Å². The standard InChI is InChI=1S/C13H23N3/c1-10-5-6-11(2)12(7-10)8-13(15-14)9-16(3)4/h5-7,13,15H,8-9,14H2,1-4H3. The summed E-state index contributed by atoms with van der Waals surface area (Å²) in [6, 6.07) is 6.87. The smallest absolute Gasteiger partial charge is 0.0378 e. The van der Waals surface area contributed by atoms with Crippen molar-refractivity contribution in [1.82, 2.24) is 10.3 Å². The third-order valence-corrected chi connectivity index (χ3v) is 2.79. The molecule has 1 rings (SSSR count). The molecule has 0 spiro atoms. The molecule has 0 aliphatic carbocycles. The van der Waals surface area contributed by atoms with Crippen LogP contribution in [0.5, 0.6) is 0 Å². The third kappa shape index (κ3) is 3.93. The van der Waals surface area contributed by atoms with Crippen molar-refractivity contribution in [1.29, 1.82) is 0 Å². The Morgan fingerprint density at radius 1 is 1.31 bits per heavy atom. The SMILES string of the molecule is Cc1ccc(C)c(CC(CN(C)C)NN)c1. The minimum atomic E-state index is 0.301. The van der Waals surface area contributed by atoms with Crippen molar-refractivity contribution >= 4 is 0 Å². The van der Waals surface area contributed by atoms with Gasteiger partial charge in [0.2, 0.25) is 0 Å². The molecule has 1 atom stereocenters. The molecule has 3 heteroatoms. The number of hydrazine groups is 1. The first kappa shape index (κ1) is 13.2. The maximum Gasteiger partial charge on any atom is 0.0378 e. The fraction of sp³-hybridized carbons (Fsp3) is 0.538. The topological polar surface area (TPSA) is 41.3 Å². The molecule has 0 heterocycles. The zero-order chi connectivity index (χ0) is 12.1. The van der Waals surface area contributed by atoms with E-state index in [0.717, 1.165) is 13.0 Å². The Balaban J connectivity index is 2.73. The van der Waals surface area contributed by atoms with E-state index >= 15 is 0 Å². The van der Waals surface area contributed by atoms with E-state index in [1.807, 2.05) is 0 Å². The number of aryl methyl sites for hydroxylation is 2. The van der Waals surface area contributed by atoms with Crippen LogP contribution in [0.4, 0.5) is 0 Å². The zero-order valence-corrected chi connectivity index (χ0v) is 10.7. The average molecular weight is 221 g/mol. The Morgan fingerprint density at radius 2 is 2.00 bits per heavy atom. The zero-order valence-electron chi connectivity index (χ0n) is 10.7. The maximum atomic E-state index is 5.58. The number of nitrogens with two attached hydrogens (primary N) is 1. The molecule has 1 unspecified atom stereocenters. The van der Waals surface area contributed by atoms with Crippen molar-refractivity contribution in [2.75, 3.05) is 20.6 Å². The van der Waals surface area contributed by atoms with Gasteiger partial charge in [-0.1, -0.05) is 23.8 Å². The van der Waals surface area contributed by atoms with E-state index < -0.39 is 0 Å². The highest BCUT2D eigenvalue weighted by molar-refractivity contribution is 5.31. The molecule has 0 bridgehead atoms. The van der Waals surface area contributed by atoms with Crippen LogP contribution in [0.25, 0.3) is 0 Å². The van der Waals surface area contributed by atoms with E-state index in [4.69, 9.17) is 5.84 Å². The van der Waals surface area contributed by atoms with E-state index in [1.54, 1.807) is 0 Å². The van der Waals surface area contributed by atoms with Crippen molar-refractivity contribution in [2.24, 2.45) is 5.84 Å². The van der Waals surface area contributed by atoms with Crippen LogP contribution in [-0.2, 0) is 6.42 Å². The average Bonchev–Trinajstić information content (AvgIpc) is 2.21. The van der Waals surface area contributed by atoms with Gasteiger partial charge in [-0.2, -0.15) is 0 Å². The number of benzene rings is 1. The molecule has 0 amide bonds. The molecule has 3 N–H and O–H groups in total. The predicted octanol–water partition coefficient (Wildman–Crippen LogP) is 1.24. The Kier molecular flexibility index (Phi) is 4.93. The lowest BCUT2D eigenvalue weighted by atomic mass is 9.99. The van der Waals surface area contributed by atoms with Gasteiger partial charge in [-0.3, -0.25) is 11.3 Å². The van der Waals surface area contributed by atoms with Crippen LogP contribution in [0.1, 0.15) is 16.7 Å². The van der Waals surface area contributed by atoms with Crippen LogP contribution in [-0.4, -0.2) is 31.6 Å². The van der Waals surface area contributed by atoms with Gasteiger partial charge in [-0.25, -0.2) is 0 Å². The first-order valence-electron chi connectivity index (χ1n) is 5.70. The fourth-order valence-electron chi connectivity index (χ4n) is 1.90. The Hall–Kier alpha value is -0.900. The van der Waals surface area contributed by atoms with Gasteiger partial charge < -0.3 is 4.90 Å². The quantitative estimate of drug-likeness (QED) is 0.580. The van der Waals surface area contributed by atoms with Crippen molar-refractivity contribution in [2.45, 2.75) is 26.3 Å². The summed E-state index contributed by atoms with van der Waals surface area (Å²) in [5.74, 6) is 5.58. The second-order valence-electron chi connectivity index (χ2n) is 4.76. The highest BCUT2D eigenvalue weighted by Crippen LogP contribution is 2.12. The van der Waals surface area contributed by atoms with E-state index in [1.165, 1.54) is 16.7 Å². The molecule has 1 aromatic rings. The lowest BCUT2D eigenvalue weighted by Gasteiger charge is -2.21. The molecule has 0 radical (unpaired) electrons. The van der Waals surface area contributed by atoms with E-state index in [2.05, 4.69) is 56.5 Å². The van der Waals surface area contributed by atoms with Gasteiger partial charge in [-0.05, 0) is 45.5 Å². The molecule has 1 aromatic carbocycles. The predicted molar refractivity (Wildman–Crippen MR) is 69.3 cm³/mol. The molecule has 0 aromatic heterocycles. The number of hydrogen-bond donors (Lipinski definition) is 2. The van der Waals surface area contributed by atoms with E-state index in [9.17, 15) is 0 Å². The number of nitrogens with zero attached hydrogens (tertiary/aromatic N) is 1. The largest absolute Gasteiger partial charge is 0.308 e. The lowest BCUT2D eigenvalue weighted by molar-refractivity contribution is 0.338. The summed E-state index contributed by atoms with van der Waals surface area (Å²) in [6.07, 6.45) is 0.974. The van der Waals surface area contributed by atoms with E-state index in [0.29, 0.717) is 6.04 Å². The van der Waals surface area contributed by atoms with Crippen LogP contribution in [0.2, 0.25) is 0 Å². The highest BCUT2D eigenvalue weighted by atomic mass is 15.3. The number of likely N-dealkylation sites (N-methyl/N-ethyl adjacent to an activating group) is 1. The molecule has 0 fully saturated rings. The Labute approximate surface area is 98.6 Å². The number of nitrogens with one attached hydrogen (secondary N) is 1. The van der Waals surface area contributed by atoms with Gasteiger partial charge in [0.1, 0.15) is 0 Å². The molecule has 0 aliphatic rings. The van der Waals surface area contributed by atoms with Gasteiger partial charge in [0.25, 0.3) is 0 Å². The van der Waals surface area contributed by atoms with Gasteiger partial charge in [-0.15, -0.1) is 0 Å². The van der Waals surface area contributed by atoms with E-state index in [-0.39, 0.29) is 0 Å². The third-order valence-electron chi connectivity index (χ3n) is 2.79. The van der Waals surface area contributed by atoms with Gasteiger partial charge in [0, 0.05) is 12.6 Å². The highest BCUT2D eigenvalue weighted by Gasteiger charge is 2.10. The summed E-state index contributed by atoms with van der Waals surface area (Å²) in [5, 5.41) is 0. The fourth-order valence-corrected chi connectivity index (χ4v) is 1.90. The molecule has 0 saturated heterocycles. The Bertz CT molecular complexity index is 334. The second kappa shape index (κ2) is 5.99. The minimum Gasteiger partial charge on any atom is -0.308 e. The molecule has 90 valence electrons. The second-order valence-corrected chi connectivity index (χ2v) is 4.76. The van der Waals surface area contributed by atoms with Gasteiger partial charge >= 0.3 is 0 Å². The Morgan fingerprint density at radius 3 is 2.56 bits per heavy atom. The van der Waals surface area contributed by atoms with Crippen molar-refractivity contribution in [3.63, 3.8) is 0 Å². The van der Waals surface area contributed by atoms with Crippen molar-refractivity contribution < 1.29 is 0 Å². The normalized spacial score (nSPS) is 13.1. The summed E-state index contributed by atoms with van der Waals surface area (Å²) < 4.78 is 0. The summed E-state index contributed by atoms with van der Waals surface area (Å²) in [7, 11) is 4.13. The molecular weight excluding hydrogens is 198 g/mol. The molecule has 0 aliphatic heterocycles. The first-order chi connectivity index (χ1) is 7.52. The minimum absolute atomic E-state index is 0.301. The molecular formula is C13H23N3. The number of hydrogen-bond acceptors (Lipinski definition) is 3. The van der Waals surface area contributed by atoms with Crippen LogP contribution in [0.3, 0.4) is 0 Å². The molecule has 16 heavy (non-hydrogen) atoms. The number of rotatable bonds is 5. The van der Waals surface area contributed by atoms with Crippen LogP contribution in [0.15, 0.2) is 18.2 Å². The van der Waals surface area contributed by atoms with Crippen LogP contribution >= 0.6 is 0 Å². The van der Waals surface area contributed by atoms with Crippen molar-refractivity contribution in [3.8, 4) is 0 Å². The monoisotopic (exact) mass is 221 g/mol. The van der Waals surface area contributed by atoms with Crippen LogP contribution in [0, 0.1) is 13.8 Å². The summed E-state index contributed by atoms with van der Waals surface area (Å²) in [6.45, 7) is 5.22. The van der Waals surface area contributed by atoms with Gasteiger partial charge in [0.15, 0.2) is 0 Å². The summed E-state index contributed by atoms with van der Waals surface area (Å²) in [4.78, 5) is 2.15. The molecule has 3 nitrogen and oxygen atoms in total. The molecule has 0 saturated carbocycles. The first-order valence-corrected chi connectivity index (χ1v) is 5.70. The summed E-state index contributed by atoms with van der Waals surface area (Å²) in [5.41, 5.74) is 6.91. The maximum absolute atomic E-state index is 5.58. The summed E-state index contributed by atoms with van der Waals surface area (Å²) >= 11 is 0. The van der Waals surface area contributed by atoms with Crippen molar-refractivity contribution in [3.05, 3.63) is 34.9 Å².